The van der Waals surface area contributed by atoms with E-state index in [-0.39, 0.29) is 5.82 Å². The molecule has 0 atom stereocenters. The molecule has 0 saturated heterocycles. The van der Waals surface area contributed by atoms with Gasteiger partial charge in [-0.05, 0) is 48.5 Å². The van der Waals surface area contributed by atoms with Crippen LogP contribution in [0, 0.1) is 5.82 Å². The maximum Gasteiger partial charge on any atom is 0.211 e. The van der Waals surface area contributed by atoms with Gasteiger partial charge < -0.3 is 25.8 Å². The van der Waals surface area contributed by atoms with E-state index in [4.69, 9.17) is 0 Å². The van der Waals surface area contributed by atoms with E-state index in [0.717, 1.165) is 34.0 Å². The van der Waals surface area contributed by atoms with Crippen molar-refractivity contribution in [1.82, 2.24) is 9.88 Å². The van der Waals surface area contributed by atoms with Gasteiger partial charge in [0.15, 0.2) is 0 Å². The van der Waals surface area contributed by atoms with Crippen molar-refractivity contribution in [3.63, 3.8) is 0 Å². The van der Waals surface area contributed by atoms with Crippen molar-refractivity contribution in [3.8, 4) is 0 Å². The zero-order valence-electron chi connectivity index (χ0n) is 19.2. The minimum absolute atomic E-state index is 0.329. The topological polar surface area (TPSA) is 72.5 Å². The summed E-state index contributed by atoms with van der Waals surface area (Å²) in [6.45, 7) is 4.83. The standard InChI is InChI=1S/C26H27FN6O/c1-4-7-24(32(3)15-19-8-5-6-11-29-19)18-12-21(27)26-25(13-18)33(16-30-26)20-9-10-22(31-17-34)23(14-20)28-2/h4-14,17,28,30H,1,15-16H2,2-3H3,(H,31,34)/b24-7-. The first-order valence-corrected chi connectivity index (χ1v) is 10.9. The second-order valence-corrected chi connectivity index (χ2v) is 7.82. The molecule has 0 fully saturated rings. The molecule has 8 heteroatoms. The normalized spacial score (nSPS) is 12.6. The Balaban J connectivity index is 1.71. The predicted octanol–water partition coefficient (Wildman–Crippen LogP) is 5.01. The number of nitrogens with zero attached hydrogens (tertiary/aromatic N) is 3. The van der Waals surface area contributed by atoms with Crippen molar-refractivity contribution in [3.05, 3.63) is 90.5 Å². The van der Waals surface area contributed by atoms with Gasteiger partial charge in [-0.3, -0.25) is 9.78 Å². The molecule has 3 N–H and O–H groups in total. The van der Waals surface area contributed by atoms with Gasteiger partial charge in [-0.25, -0.2) is 4.39 Å². The molecule has 174 valence electrons. The molecule has 1 aliphatic heterocycles. The van der Waals surface area contributed by atoms with Crippen molar-refractivity contribution >= 4 is 40.5 Å². The van der Waals surface area contributed by atoms with Crippen LogP contribution >= 0.6 is 0 Å². The van der Waals surface area contributed by atoms with Crippen molar-refractivity contribution in [2.45, 2.75) is 6.54 Å². The lowest BCUT2D eigenvalue weighted by atomic mass is 10.1. The van der Waals surface area contributed by atoms with Crippen molar-refractivity contribution in [2.24, 2.45) is 0 Å². The van der Waals surface area contributed by atoms with Gasteiger partial charge >= 0.3 is 0 Å². The predicted molar refractivity (Wildman–Crippen MR) is 137 cm³/mol. The summed E-state index contributed by atoms with van der Waals surface area (Å²) in [6, 6.07) is 14.9. The third kappa shape index (κ3) is 4.56. The van der Waals surface area contributed by atoms with Crippen LogP contribution in [-0.4, -0.2) is 37.1 Å². The Kier molecular flexibility index (Phi) is 6.77. The number of halogens is 1. The number of carbonyl (C=O) groups excluding carboxylic acids is 1. The average molecular weight is 459 g/mol. The summed E-state index contributed by atoms with van der Waals surface area (Å²) in [6.07, 6.45) is 5.96. The number of hydrogen-bond acceptors (Lipinski definition) is 6. The summed E-state index contributed by atoms with van der Waals surface area (Å²) in [5.41, 5.74) is 5.95. The van der Waals surface area contributed by atoms with Gasteiger partial charge in [0, 0.05) is 37.2 Å². The highest BCUT2D eigenvalue weighted by Gasteiger charge is 2.26. The summed E-state index contributed by atoms with van der Waals surface area (Å²) >= 11 is 0. The molecule has 2 heterocycles. The van der Waals surface area contributed by atoms with E-state index < -0.39 is 0 Å². The Morgan fingerprint density at radius 3 is 2.82 bits per heavy atom. The molecule has 0 spiro atoms. The fourth-order valence-electron chi connectivity index (χ4n) is 4.07. The van der Waals surface area contributed by atoms with Crippen molar-refractivity contribution in [2.75, 3.05) is 41.6 Å². The zero-order chi connectivity index (χ0) is 24.1. The monoisotopic (exact) mass is 458 g/mol. The first kappa shape index (κ1) is 22.8. The van der Waals surface area contributed by atoms with Gasteiger partial charge in [0.1, 0.15) is 5.82 Å². The number of fused-ring (bicyclic) bond motifs is 1. The largest absolute Gasteiger partial charge is 0.386 e. The van der Waals surface area contributed by atoms with E-state index >= 15 is 4.39 Å². The third-order valence-electron chi connectivity index (χ3n) is 5.68. The molecule has 1 aromatic heterocycles. The Morgan fingerprint density at radius 1 is 1.26 bits per heavy atom. The summed E-state index contributed by atoms with van der Waals surface area (Å²) in [4.78, 5) is 19.3. The highest BCUT2D eigenvalue weighted by molar-refractivity contribution is 5.88. The molecule has 0 unspecified atom stereocenters. The summed E-state index contributed by atoms with van der Waals surface area (Å²) in [5.74, 6) is -0.329. The van der Waals surface area contributed by atoms with Crippen LogP contribution in [-0.2, 0) is 11.3 Å². The Labute approximate surface area is 198 Å². The van der Waals surface area contributed by atoms with Gasteiger partial charge in [0.05, 0.1) is 41.7 Å². The molecule has 7 nitrogen and oxygen atoms in total. The number of nitrogens with one attached hydrogen (secondary N) is 3. The van der Waals surface area contributed by atoms with Crippen LogP contribution < -0.4 is 20.9 Å². The number of anilines is 5. The molecule has 1 amide bonds. The van der Waals surface area contributed by atoms with Crippen LogP contribution in [0.5, 0.6) is 0 Å². The fourth-order valence-corrected chi connectivity index (χ4v) is 4.07. The first-order chi connectivity index (χ1) is 16.5. The number of aromatic nitrogens is 1. The number of allylic oxidation sites excluding steroid dienone is 2. The number of carbonyl (C=O) groups is 1. The fraction of sp³-hybridized carbons (Fsp3) is 0.154. The first-order valence-electron chi connectivity index (χ1n) is 10.9. The van der Waals surface area contributed by atoms with E-state index in [1.807, 2.05) is 65.4 Å². The molecule has 4 rings (SSSR count). The highest BCUT2D eigenvalue weighted by Crippen LogP contribution is 2.42. The molecule has 0 saturated carbocycles. The lowest BCUT2D eigenvalue weighted by molar-refractivity contribution is -0.105. The van der Waals surface area contributed by atoms with Crippen LogP contribution in [0.15, 0.2) is 73.5 Å². The van der Waals surface area contributed by atoms with Crippen LogP contribution in [0.3, 0.4) is 0 Å². The molecule has 0 aliphatic carbocycles. The molecule has 1 aliphatic rings. The molecule has 0 bridgehead atoms. The maximum atomic E-state index is 15.2. The smallest absolute Gasteiger partial charge is 0.211 e. The van der Waals surface area contributed by atoms with Gasteiger partial charge in [-0.1, -0.05) is 18.7 Å². The second-order valence-electron chi connectivity index (χ2n) is 7.82. The van der Waals surface area contributed by atoms with Crippen LogP contribution in [0.2, 0.25) is 0 Å². The number of pyridine rings is 1. The third-order valence-corrected chi connectivity index (χ3v) is 5.68. The summed E-state index contributed by atoms with van der Waals surface area (Å²) in [7, 11) is 3.73. The quantitative estimate of drug-likeness (QED) is 0.309. The van der Waals surface area contributed by atoms with E-state index in [2.05, 4.69) is 27.5 Å². The van der Waals surface area contributed by atoms with E-state index in [1.54, 1.807) is 19.3 Å². The number of hydrogen-bond donors (Lipinski definition) is 3. The molecule has 0 radical (unpaired) electrons. The molecular formula is C26H27FN6O. The van der Waals surface area contributed by atoms with Crippen LogP contribution in [0.4, 0.5) is 32.8 Å². The van der Waals surface area contributed by atoms with E-state index in [0.29, 0.717) is 31.0 Å². The highest BCUT2D eigenvalue weighted by atomic mass is 19.1. The lowest BCUT2D eigenvalue weighted by Crippen LogP contribution is -2.18. The summed E-state index contributed by atoms with van der Waals surface area (Å²) in [5, 5.41) is 8.92. The number of amides is 1. The summed E-state index contributed by atoms with van der Waals surface area (Å²) < 4.78 is 15.2. The van der Waals surface area contributed by atoms with E-state index in [9.17, 15) is 4.79 Å². The van der Waals surface area contributed by atoms with Crippen LogP contribution in [0.25, 0.3) is 5.70 Å². The molecular weight excluding hydrogens is 431 g/mol. The Morgan fingerprint density at radius 2 is 2.12 bits per heavy atom. The van der Waals surface area contributed by atoms with Gasteiger partial charge in [0.25, 0.3) is 0 Å². The van der Waals surface area contributed by atoms with E-state index in [1.165, 1.54) is 6.07 Å². The molecule has 2 aromatic carbocycles. The molecule has 34 heavy (non-hydrogen) atoms. The van der Waals surface area contributed by atoms with Gasteiger partial charge in [0.2, 0.25) is 6.41 Å². The maximum absolute atomic E-state index is 15.2. The van der Waals surface area contributed by atoms with Gasteiger partial charge in [-0.15, -0.1) is 0 Å². The minimum Gasteiger partial charge on any atom is -0.386 e. The molecule has 3 aromatic rings. The minimum atomic E-state index is -0.329. The van der Waals surface area contributed by atoms with Gasteiger partial charge in [-0.2, -0.15) is 0 Å². The second kappa shape index (κ2) is 10.1. The van der Waals surface area contributed by atoms with Crippen molar-refractivity contribution < 1.29 is 9.18 Å². The Hall–Kier alpha value is -4.33. The average Bonchev–Trinajstić information content (AvgIpc) is 3.28. The van der Waals surface area contributed by atoms with Crippen LogP contribution in [0.1, 0.15) is 11.3 Å². The zero-order valence-corrected chi connectivity index (χ0v) is 19.2. The van der Waals surface area contributed by atoms with Crippen molar-refractivity contribution in [1.29, 1.82) is 0 Å². The SMILES string of the molecule is C=C/C=C(/c1cc(F)c2c(c1)N(c1ccc(NC=O)c(NC)c1)CN2)N(C)Cc1ccccn1. The Bertz CT molecular complexity index is 1230. The number of rotatable bonds is 9. The lowest BCUT2D eigenvalue weighted by Gasteiger charge is -2.25. The number of benzene rings is 2.